The fourth-order valence-electron chi connectivity index (χ4n) is 2.88. The molecule has 0 spiro atoms. The van der Waals surface area contributed by atoms with Crippen molar-refractivity contribution in [2.24, 2.45) is 5.41 Å². The number of benzene rings is 1. The zero-order valence-electron chi connectivity index (χ0n) is 12.8. The van der Waals surface area contributed by atoms with Crippen LogP contribution in [0.1, 0.15) is 38.2 Å². The topological polar surface area (TPSA) is 57.6 Å². The highest BCUT2D eigenvalue weighted by atomic mass is 35.5. The maximum atomic E-state index is 12.3. The van der Waals surface area contributed by atoms with E-state index in [2.05, 4.69) is 0 Å². The van der Waals surface area contributed by atoms with E-state index in [1.807, 2.05) is 24.3 Å². The van der Waals surface area contributed by atoms with Gasteiger partial charge in [0.2, 0.25) is 5.91 Å². The Labute approximate surface area is 136 Å². The number of rotatable bonds is 5. The predicted molar refractivity (Wildman–Crippen MR) is 85.9 cm³/mol. The smallest absolute Gasteiger partial charge is 0.311 e. The molecule has 1 fully saturated rings. The fourth-order valence-corrected chi connectivity index (χ4v) is 3.01. The summed E-state index contributed by atoms with van der Waals surface area (Å²) in [6, 6.07) is 7.63. The number of likely N-dealkylation sites (tertiary alicyclic amines) is 1. The molecule has 120 valence electrons. The molecular formula is C17H22ClNO3. The van der Waals surface area contributed by atoms with Crippen LogP contribution in [-0.4, -0.2) is 35.0 Å². The van der Waals surface area contributed by atoms with Crippen molar-refractivity contribution in [2.75, 3.05) is 13.1 Å². The number of amides is 1. The van der Waals surface area contributed by atoms with E-state index in [0.717, 1.165) is 24.8 Å². The quantitative estimate of drug-likeness (QED) is 0.903. The third kappa shape index (κ3) is 4.23. The van der Waals surface area contributed by atoms with Gasteiger partial charge in [0, 0.05) is 24.5 Å². The van der Waals surface area contributed by atoms with Gasteiger partial charge in [-0.3, -0.25) is 9.59 Å². The molecule has 0 aromatic heterocycles. The molecule has 1 saturated heterocycles. The first kappa shape index (κ1) is 16.8. The van der Waals surface area contributed by atoms with Gasteiger partial charge in [0.1, 0.15) is 0 Å². The molecule has 1 aromatic carbocycles. The molecule has 0 aliphatic carbocycles. The predicted octanol–water partition coefficient (Wildman–Crippen LogP) is 3.38. The van der Waals surface area contributed by atoms with Gasteiger partial charge in [-0.25, -0.2) is 0 Å². The summed E-state index contributed by atoms with van der Waals surface area (Å²) in [5, 5.41) is 10.0. The number of aliphatic carboxylic acids is 1. The lowest BCUT2D eigenvalue weighted by molar-refractivity contribution is -0.153. The number of carbonyl (C=O) groups is 2. The average molecular weight is 324 g/mol. The van der Waals surface area contributed by atoms with Crippen LogP contribution in [0.5, 0.6) is 0 Å². The maximum absolute atomic E-state index is 12.3. The molecule has 0 saturated carbocycles. The van der Waals surface area contributed by atoms with E-state index in [1.54, 1.807) is 11.8 Å². The summed E-state index contributed by atoms with van der Waals surface area (Å²) in [6.45, 7) is 2.72. The van der Waals surface area contributed by atoms with E-state index in [1.165, 1.54) is 0 Å². The molecular weight excluding hydrogens is 302 g/mol. The molecule has 1 aliphatic rings. The van der Waals surface area contributed by atoms with E-state index in [9.17, 15) is 14.7 Å². The number of hydrogen-bond acceptors (Lipinski definition) is 2. The van der Waals surface area contributed by atoms with E-state index >= 15 is 0 Å². The second kappa shape index (κ2) is 7.14. The lowest BCUT2D eigenvalue weighted by Crippen LogP contribution is -2.48. The van der Waals surface area contributed by atoms with Crippen LogP contribution in [0.25, 0.3) is 0 Å². The van der Waals surface area contributed by atoms with Gasteiger partial charge >= 0.3 is 5.97 Å². The second-order valence-electron chi connectivity index (χ2n) is 6.26. The Morgan fingerprint density at radius 2 is 2.00 bits per heavy atom. The van der Waals surface area contributed by atoms with Crippen molar-refractivity contribution in [3.63, 3.8) is 0 Å². The van der Waals surface area contributed by atoms with Gasteiger partial charge in [-0.05, 0) is 50.3 Å². The SMILES string of the molecule is CC1(C(=O)O)CCCN(C(=O)CCCc2ccc(Cl)cc2)C1. The Kier molecular flexibility index (Phi) is 5.46. The van der Waals surface area contributed by atoms with Crippen LogP contribution < -0.4 is 0 Å². The zero-order valence-corrected chi connectivity index (χ0v) is 13.6. The average Bonchev–Trinajstić information content (AvgIpc) is 2.49. The highest BCUT2D eigenvalue weighted by Crippen LogP contribution is 2.30. The van der Waals surface area contributed by atoms with Crippen LogP contribution in [0.3, 0.4) is 0 Å². The summed E-state index contributed by atoms with van der Waals surface area (Å²) in [6.07, 6.45) is 3.44. The first-order chi connectivity index (χ1) is 10.4. The summed E-state index contributed by atoms with van der Waals surface area (Å²) in [4.78, 5) is 25.3. The van der Waals surface area contributed by atoms with Crippen molar-refractivity contribution in [1.29, 1.82) is 0 Å². The minimum atomic E-state index is -0.814. The monoisotopic (exact) mass is 323 g/mol. The van der Waals surface area contributed by atoms with Crippen LogP contribution in [0, 0.1) is 5.41 Å². The third-order valence-corrected chi connectivity index (χ3v) is 4.59. The fraction of sp³-hybridized carbons (Fsp3) is 0.529. The minimum absolute atomic E-state index is 0.0566. The van der Waals surface area contributed by atoms with Crippen molar-refractivity contribution in [3.05, 3.63) is 34.9 Å². The summed E-state index contributed by atoms with van der Waals surface area (Å²) in [7, 11) is 0. The van der Waals surface area contributed by atoms with E-state index in [4.69, 9.17) is 11.6 Å². The van der Waals surface area contributed by atoms with Gasteiger partial charge in [0.25, 0.3) is 0 Å². The molecule has 2 rings (SSSR count). The largest absolute Gasteiger partial charge is 0.481 e. The van der Waals surface area contributed by atoms with Gasteiger partial charge in [-0.15, -0.1) is 0 Å². The summed E-state index contributed by atoms with van der Waals surface area (Å²) >= 11 is 5.84. The molecule has 5 heteroatoms. The Bertz CT molecular complexity index is 543. The van der Waals surface area contributed by atoms with Crippen molar-refractivity contribution in [2.45, 2.75) is 39.0 Å². The van der Waals surface area contributed by atoms with Crippen molar-refractivity contribution in [3.8, 4) is 0 Å². The van der Waals surface area contributed by atoms with Gasteiger partial charge in [0.05, 0.1) is 5.41 Å². The van der Waals surface area contributed by atoms with Crippen molar-refractivity contribution in [1.82, 2.24) is 4.90 Å². The van der Waals surface area contributed by atoms with Crippen molar-refractivity contribution < 1.29 is 14.7 Å². The molecule has 1 unspecified atom stereocenters. The molecule has 0 radical (unpaired) electrons. The van der Waals surface area contributed by atoms with Crippen LogP contribution in [0.15, 0.2) is 24.3 Å². The number of nitrogens with zero attached hydrogens (tertiary/aromatic N) is 1. The van der Waals surface area contributed by atoms with Gasteiger partial charge in [0.15, 0.2) is 0 Å². The van der Waals surface area contributed by atoms with E-state index < -0.39 is 11.4 Å². The van der Waals surface area contributed by atoms with Crippen molar-refractivity contribution >= 4 is 23.5 Å². The Morgan fingerprint density at radius 3 is 2.64 bits per heavy atom. The first-order valence-corrected chi connectivity index (χ1v) is 8.04. The molecule has 1 amide bonds. The highest BCUT2D eigenvalue weighted by molar-refractivity contribution is 6.30. The number of carboxylic acids is 1. The zero-order chi connectivity index (χ0) is 16.2. The minimum Gasteiger partial charge on any atom is -0.481 e. The number of carboxylic acid groups (broad SMARTS) is 1. The number of halogens is 1. The molecule has 1 aliphatic heterocycles. The molecule has 1 atom stereocenters. The van der Waals surface area contributed by atoms with Crippen LogP contribution in [0.2, 0.25) is 5.02 Å². The van der Waals surface area contributed by atoms with Gasteiger partial charge < -0.3 is 10.0 Å². The number of hydrogen-bond donors (Lipinski definition) is 1. The lowest BCUT2D eigenvalue weighted by Gasteiger charge is -2.37. The van der Waals surface area contributed by atoms with Gasteiger partial charge in [-0.1, -0.05) is 23.7 Å². The van der Waals surface area contributed by atoms with Crippen LogP contribution >= 0.6 is 11.6 Å². The van der Waals surface area contributed by atoms with Gasteiger partial charge in [-0.2, -0.15) is 0 Å². The third-order valence-electron chi connectivity index (χ3n) is 4.33. The number of piperidine rings is 1. The molecule has 1 N–H and O–H groups in total. The summed E-state index contributed by atoms with van der Waals surface area (Å²) < 4.78 is 0. The first-order valence-electron chi connectivity index (χ1n) is 7.66. The summed E-state index contributed by atoms with van der Waals surface area (Å²) in [5.74, 6) is -0.757. The maximum Gasteiger partial charge on any atom is 0.311 e. The number of aryl methyl sites for hydroxylation is 1. The normalized spacial score (nSPS) is 21.6. The Morgan fingerprint density at radius 1 is 1.32 bits per heavy atom. The van der Waals surface area contributed by atoms with E-state index in [0.29, 0.717) is 31.0 Å². The molecule has 0 bridgehead atoms. The highest BCUT2D eigenvalue weighted by Gasteiger charge is 2.39. The molecule has 4 nitrogen and oxygen atoms in total. The van der Waals surface area contributed by atoms with Crippen LogP contribution in [-0.2, 0) is 16.0 Å². The standard InChI is InChI=1S/C17H22ClNO3/c1-17(16(21)22)10-3-11-19(12-17)15(20)5-2-4-13-6-8-14(18)9-7-13/h6-9H,2-5,10-12H2,1H3,(H,21,22). The lowest BCUT2D eigenvalue weighted by atomic mass is 9.82. The Balaban J connectivity index is 1.82. The molecule has 1 aromatic rings. The summed E-state index contributed by atoms with van der Waals surface area (Å²) in [5.41, 5.74) is 0.357. The molecule has 22 heavy (non-hydrogen) atoms. The number of carbonyl (C=O) groups excluding carboxylic acids is 1. The molecule has 1 heterocycles. The Hall–Kier alpha value is -1.55. The van der Waals surface area contributed by atoms with E-state index in [-0.39, 0.29) is 5.91 Å². The second-order valence-corrected chi connectivity index (χ2v) is 6.70. The van der Waals surface area contributed by atoms with Crippen LogP contribution in [0.4, 0.5) is 0 Å².